The fourth-order valence-electron chi connectivity index (χ4n) is 3.32. The molecule has 3 heteroatoms. The van der Waals surface area contributed by atoms with Crippen molar-refractivity contribution in [3.63, 3.8) is 0 Å². The Bertz CT molecular complexity index is 258. The first-order valence-electron chi connectivity index (χ1n) is 7.17. The van der Waals surface area contributed by atoms with Gasteiger partial charge in [0.15, 0.2) is 0 Å². The van der Waals surface area contributed by atoms with E-state index in [1.165, 1.54) is 6.42 Å². The lowest BCUT2D eigenvalue weighted by molar-refractivity contribution is -0.873. The van der Waals surface area contributed by atoms with Crippen LogP contribution < -0.4 is 0 Å². The molecule has 1 aliphatic rings. The van der Waals surface area contributed by atoms with E-state index in [1.807, 2.05) is 0 Å². The number of likely N-dealkylation sites (N-methyl/N-ethyl adjacent to an activating group) is 1. The Morgan fingerprint density at radius 2 is 1.89 bits per heavy atom. The summed E-state index contributed by atoms with van der Waals surface area (Å²) in [6.07, 6.45) is 3.51. The zero-order chi connectivity index (χ0) is 14.0. The zero-order valence-corrected chi connectivity index (χ0v) is 13.1. The van der Waals surface area contributed by atoms with Crippen LogP contribution in [-0.4, -0.2) is 56.1 Å². The normalized spacial score (nSPS) is 30.2. The first-order valence-corrected chi connectivity index (χ1v) is 7.17. The standard InChI is InChI=1S/C15H32NO2/c1-12-7-14(9-15(2,3)8-12)18-11-13(17)10-16(4,5)6/h12-14,17H,7-11H2,1-6H3/q+1/t12-,13-,14-/m1/s1. The predicted octanol–water partition coefficient (Wildman–Crippen LogP) is 2.28. The molecule has 0 aromatic heterocycles. The topological polar surface area (TPSA) is 29.5 Å². The number of rotatable bonds is 5. The highest BCUT2D eigenvalue weighted by atomic mass is 16.5. The van der Waals surface area contributed by atoms with Crippen molar-refractivity contribution in [3.05, 3.63) is 0 Å². The molecule has 0 bridgehead atoms. The van der Waals surface area contributed by atoms with Crippen molar-refractivity contribution in [1.82, 2.24) is 0 Å². The van der Waals surface area contributed by atoms with Gasteiger partial charge < -0.3 is 14.3 Å². The minimum Gasteiger partial charge on any atom is -0.385 e. The van der Waals surface area contributed by atoms with Crippen LogP contribution in [0.15, 0.2) is 0 Å². The lowest BCUT2D eigenvalue weighted by Crippen LogP contribution is -2.44. The van der Waals surface area contributed by atoms with Gasteiger partial charge in [-0.1, -0.05) is 20.8 Å². The van der Waals surface area contributed by atoms with Gasteiger partial charge in [0.2, 0.25) is 0 Å². The van der Waals surface area contributed by atoms with Gasteiger partial charge in [-0.3, -0.25) is 0 Å². The van der Waals surface area contributed by atoms with Crippen LogP contribution >= 0.6 is 0 Å². The van der Waals surface area contributed by atoms with Crippen molar-refractivity contribution in [1.29, 1.82) is 0 Å². The fraction of sp³-hybridized carbons (Fsp3) is 1.00. The van der Waals surface area contributed by atoms with E-state index in [1.54, 1.807) is 0 Å². The smallest absolute Gasteiger partial charge is 0.126 e. The maximum Gasteiger partial charge on any atom is 0.126 e. The molecule has 108 valence electrons. The summed E-state index contributed by atoms with van der Waals surface area (Å²) in [7, 11) is 6.28. The van der Waals surface area contributed by atoms with Gasteiger partial charge in [0.05, 0.1) is 33.9 Å². The molecular formula is C15H32NO2+. The Hall–Kier alpha value is -0.120. The molecule has 3 nitrogen and oxygen atoms in total. The van der Waals surface area contributed by atoms with Crippen molar-refractivity contribution < 1.29 is 14.3 Å². The number of aliphatic hydroxyl groups excluding tert-OH is 1. The van der Waals surface area contributed by atoms with Gasteiger partial charge in [-0.2, -0.15) is 0 Å². The minimum atomic E-state index is -0.356. The van der Waals surface area contributed by atoms with Crippen LogP contribution in [0.3, 0.4) is 0 Å². The number of aliphatic hydroxyl groups is 1. The van der Waals surface area contributed by atoms with Crippen molar-refractivity contribution in [2.24, 2.45) is 11.3 Å². The van der Waals surface area contributed by atoms with Crippen LogP contribution in [0.1, 0.15) is 40.0 Å². The molecule has 0 radical (unpaired) electrons. The van der Waals surface area contributed by atoms with E-state index in [9.17, 15) is 5.11 Å². The Kier molecular flexibility index (Phi) is 5.22. The zero-order valence-electron chi connectivity index (χ0n) is 13.1. The summed E-state index contributed by atoms with van der Waals surface area (Å²) in [6.45, 7) is 8.16. The molecule has 1 aliphatic carbocycles. The first-order chi connectivity index (χ1) is 8.07. The van der Waals surface area contributed by atoms with Crippen LogP contribution in [-0.2, 0) is 4.74 Å². The van der Waals surface area contributed by atoms with E-state index in [2.05, 4.69) is 41.9 Å². The second kappa shape index (κ2) is 5.89. The first kappa shape index (κ1) is 15.9. The van der Waals surface area contributed by atoms with Crippen LogP contribution in [0.4, 0.5) is 0 Å². The minimum absolute atomic E-state index is 0.325. The number of quaternary nitrogens is 1. The van der Waals surface area contributed by atoms with Gasteiger partial charge in [-0.25, -0.2) is 0 Å². The molecule has 0 aromatic carbocycles. The van der Waals surface area contributed by atoms with Crippen molar-refractivity contribution in [2.75, 3.05) is 34.3 Å². The molecule has 1 N–H and O–H groups in total. The van der Waals surface area contributed by atoms with E-state index in [0.29, 0.717) is 18.1 Å². The molecule has 0 spiro atoms. The summed E-state index contributed by atoms with van der Waals surface area (Å²) in [6, 6.07) is 0. The number of nitrogens with zero attached hydrogens (tertiary/aromatic N) is 1. The lowest BCUT2D eigenvalue weighted by atomic mass is 9.71. The van der Waals surface area contributed by atoms with Crippen molar-refractivity contribution in [2.45, 2.75) is 52.2 Å². The third kappa shape index (κ3) is 6.17. The SMILES string of the molecule is C[C@@H]1C[C@@H](OC[C@H](O)C[N+](C)(C)C)CC(C)(C)C1. The molecule has 1 fully saturated rings. The molecule has 0 amide bonds. The van der Waals surface area contributed by atoms with E-state index in [4.69, 9.17) is 4.74 Å². The average Bonchev–Trinajstić information content (AvgIpc) is 2.08. The van der Waals surface area contributed by atoms with Gasteiger partial charge in [-0.15, -0.1) is 0 Å². The van der Waals surface area contributed by atoms with Gasteiger partial charge >= 0.3 is 0 Å². The molecule has 0 saturated heterocycles. The number of hydrogen-bond acceptors (Lipinski definition) is 2. The Morgan fingerprint density at radius 3 is 2.39 bits per heavy atom. The summed E-state index contributed by atoms with van der Waals surface area (Å²) in [5.41, 5.74) is 0.382. The largest absolute Gasteiger partial charge is 0.385 e. The van der Waals surface area contributed by atoms with E-state index in [-0.39, 0.29) is 6.10 Å². The fourth-order valence-corrected chi connectivity index (χ4v) is 3.32. The molecule has 0 aromatic rings. The van der Waals surface area contributed by atoms with Crippen molar-refractivity contribution >= 4 is 0 Å². The summed E-state index contributed by atoms with van der Waals surface area (Å²) in [5, 5.41) is 9.97. The van der Waals surface area contributed by atoms with Gasteiger partial charge in [0.1, 0.15) is 12.6 Å². The van der Waals surface area contributed by atoms with E-state index in [0.717, 1.165) is 29.8 Å². The highest BCUT2D eigenvalue weighted by Crippen LogP contribution is 2.39. The summed E-state index contributed by atoms with van der Waals surface area (Å²) >= 11 is 0. The summed E-state index contributed by atoms with van der Waals surface area (Å²) in [5.74, 6) is 0.731. The molecule has 1 saturated carbocycles. The molecule has 18 heavy (non-hydrogen) atoms. The third-order valence-electron chi connectivity index (χ3n) is 3.63. The average molecular weight is 258 g/mol. The van der Waals surface area contributed by atoms with Crippen LogP contribution in [0.25, 0.3) is 0 Å². The quantitative estimate of drug-likeness (QED) is 0.767. The Morgan fingerprint density at radius 1 is 1.28 bits per heavy atom. The van der Waals surface area contributed by atoms with Crippen LogP contribution in [0, 0.1) is 11.3 Å². The Labute approximate surface area is 113 Å². The van der Waals surface area contributed by atoms with Crippen LogP contribution in [0.2, 0.25) is 0 Å². The van der Waals surface area contributed by atoms with Gasteiger partial charge in [0.25, 0.3) is 0 Å². The van der Waals surface area contributed by atoms with Gasteiger partial charge in [0, 0.05) is 0 Å². The van der Waals surface area contributed by atoms with Crippen LogP contribution in [0.5, 0.6) is 0 Å². The summed E-state index contributed by atoms with van der Waals surface area (Å²) in [4.78, 5) is 0. The Balaban J connectivity index is 2.34. The van der Waals surface area contributed by atoms with Gasteiger partial charge in [-0.05, 0) is 30.6 Å². The second-order valence-electron chi connectivity index (χ2n) is 8.00. The number of hydrogen-bond donors (Lipinski definition) is 1. The molecule has 0 aliphatic heterocycles. The lowest BCUT2D eigenvalue weighted by Gasteiger charge is -2.39. The van der Waals surface area contributed by atoms with Crippen molar-refractivity contribution in [3.8, 4) is 0 Å². The maximum absolute atomic E-state index is 9.97. The second-order valence-corrected chi connectivity index (χ2v) is 8.00. The predicted molar refractivity (Wildman–Crippen MR) is 75.4 cm³/mol. The van der Waals surface area contributed by atoms with E-state index < -0.39 is 0 Å². The molecule has 0 heterocycles. The maximum atomic E-state index is 9.97. The summed E-state index contributed by atoms with van der Waals surface area (Å²) < 4.78 is 6.71. The molecular weight excluding hydrogens is 226 g/mol. The molecule has 0 unspecified atom stereocenters. The molecule has 3 atom stereocenters. The number of ether oxygens (including phenoxy) is 1. The molecule has 1 rings (SSSR count). The van der Waals surface area contributed by atoms with E-state index >= 15 is 0 Å². The monoisotopic (exact) mass is 258 g/mol. The highest BCUT2D eigenvalue weighted by molar-refractivity contribution is 4.83. The highest BCUT2D eigenvalue weighted by Gasteiger charge is 2.32. The third-order valence-corrected chi connectivity index (χ3v) is 3.63.